The van der Waals surface area contributed by atoms with Crippen LogP contribution in [0.15, 0.2) is 36.5 Å². The Hall–Kier alpha value is -1.19. The largest absolute Gasteiger partial charge is 0.304 e. The molecule has 1 rings (SSSR count). The normalized spacial score (nSPS) is 10.9. The average Bonchev–Trinajstić information content (AvgIpc) is 2.21. The van der Waals surface area contributed by atoms with Gasteiger partial charge in [0.25, 0.3) is 8.07 Å². The number of carbonyl (C=O) groups is 2. The third-order valence-corrected chi connectivity index (χ3v) is 7.05. The van der Waals surface area contributed by atoms with Crippen molar-refractivity contribution in [3.8, 4) is 0 Å². The summed E-state index contributed by atoms with van der Waals surface area (Å²) in [5, 5.41) is 1.13. The van der Waals surface area contributed by atoms with E-state index >= 15 is 0 Å². The van der Waals surface area contributed by atoms with E-state index in [0.29, 0.717) is 5.02 Å². The first kappa shape index (κ1) is 12.9. The Morgan fingerprint density at radius 3 is 1.94 bits per heavy atom. The molecule has 1 aromatic carbocycles. The molecule has 2 nitrogen and oxygen atoms in total. The molecule has 0 heterocycles. The lowest BCUT2D eigenvalue weighted by atomic mass is 10.4. The van der Waals surface area contributed by atoms with Gasteiger partial charge in [0.05, 0.1) is 0 Å². The first-order valence-corrected chi connectivity index (χ1v) is 7.32. The van der Waals surface area contributed by atoms with Crippen LogP contribution < -0.4 is 5.19 Å². The van der Waals surface area contributed by atoms with Crippen LogP contribution in [0.2, 0.25) is 5.02 Å². The van der Waals surface area contributed by atoms with E-state index in [4.69, 9.17) is 11.6 Å². The van der Waals surface area contributed by atoms with Crippen molar-refractivity contribution >= 4 is 35.7 Å². The van der Waals surface area contributed by atoms with Crippen LogP contribution in [0.1, 0.15) is 13.8 Å². The molecule has 1 aromatic rings. The summed E-state index contributed by atoms with van der Waals surface area (Å²) < 4.78 is 0. The van der Waals surface area contributed by atoms with Gasteiger partial charge in [0.15, 0.2) is 0 Å². The minimum absolute atomic E-state index is 0.0997. The lowest BCUT2D eigenvalue weighted by Crippen LogP contribution is -2.59. The predicted octanol–water partition coefficient (Wildman–Crippen LogP) is 1.98. The van der Waals surface area contributed by atoms with Crippen molar-refractivity contribution in [2.24, 2.45) is 0 Å². The van der Waals surface area contributed by atoms with E-state index in [9.17, 15) is 9.59 Å². The van der Waals surface area contributed by atoms with Gasteiger partial charge in [-0.3, -0.25) is 0 Å². The van der Waals surface area contributed by atoms with E-state index in [-0.39, 0.29) is 10.8 Å². The molecule has 0 aliphatic heterocycles. The van der Waals surface area contributed by atoms with Crippen LogP contribution in [-0.4, -0.2) is 18.9 Å². The summed E-state index contributed by atoms with van der Waals surface area (Å²) in [6.07, 6.45) is 0. The molecule has 0 aromatic heterocycles. The number of halogens is 1. The van der Waals surface area contributed by atoms with Crippen LogP contribution in [0.3, 0.4) is 0 Å². The maximum absolute atomic E-state index is 11.8. The first-order valence-electron chi connectivity index (χ1n) is 4.87. The van der Waals surface area contributed by atoms with Gasteiger partial charge in [-0.15, -0.1) is 6.58 Å². The average molecular weight is 253 g/mol. The van der Waals surface area contributed by atoms with Crippen molar-refractivity contribution in [2.45, 2.75) is 13.8 Å². The summed E-state index contributed by atoms with van der Waals surface area (Å²) >= 11 is 5.78. The Labute approximate surface area is 101 Å². The molecule has 16 heavy (non-hydrogen) atoms. The minimum atomic E-state index is -2.90. The van der Waals surface area contributed by atoms with Gasteiger partial charge in [-0.25, -0.2) is 0 Å². The zero-order chi connectivity index (χ0) is 12.3. The molecular weight excluding hydrogens is 240 g/mol. The summed E-state index contributed by atoms with van der Waals surface area (Å²) in [6, 6.07) is 6.85. The first-order chi connectivity index (χ1) is 7.45. The smallest absolute Gasteiger partial charge is 0.258 e. The van der Waals surface area contributed by atoms with Gasteiger partial charge in [0, 0.05) is 5.02 Å². The summed E-state index contributed by atoms with van der Waals surface area (Å²) in [4.78, 5) is 23.5. The SMILES string of the molecule is C=C[Si](C(C)=O)(C(C)=O)c1ccc(Cl)cc1. The molecule has 0 aliphatic rings. The molecule has 0 unspecified atom stereocenters. The van der Waals surface area contributed by atoms with E-state index in [1.807, 2.05) is 0 Å². The van der Waals surface area contributed by atoms with E-state index in [2.05, 4.69) is 6.58 Å². The molecule has 4 heteroatoms. The highest BCUT2D eigenvalue weighted by atomic mass is 35.5. The Bertz CT molecular complexity index is 423. The van der Waals surface area contributed by atoms with E-state index in [1.54, 1.807) is 24.3 Å². The van der Waals surface area contributed by atoms with Gasteiger partial charge in [-0.1, -0.05) is 29.4 Å². The van der Waals surface area contributed by atoms with Gasteiger partial charge in [-0.05, 0) is 31.2 Å². The van der Waals surface area contributed by atoms with Gasteiger partial charge in [0.2, 0.25) is 0 Å². The second-order valence-electron chi connectivity index (χ2n) is 3.63. The van der Waals surface area contributed by atoms with Gasteiger partial charge in [-0.2, -0.15) is 0 Å². The standard InChI is InChI=1S/C12H13ClO2Si/c1-4-16(9(2)14,10(3)15)12-7-5-11(13)6-8-12/h4-8H,1H2,2-3H3. The highest BCUT2D eigenvalue weighted by Crippen LogP contribution is 2.12. The molecule has 0 spiro atoms. The molecule has 0 atom stereocenters. The van der Waals surface area contributed by atoms with Crippen molar-refractivity contribution in [3.05, 3.63) is 41.6 Å². The van der Waals surface area contributed by atoms with Crippen LogP contribution >= 0.6 is 11.6 Å². The van der Waals surface area contributed by atoms with Gasteiger partial charge in [0.1, 0.15) is 10.8 Å². The summed E-state index contributed by atoms with van der Waals surface area (Å²) in [7, 11) is -2.90. The maximum atomic E-state index is 11.8. The molecule has 0 amide bonds. The number of hydrogen-bond donors (Lipinski definition) is 0. The van der Waals surface area contributed by atoms with Crippen molar-refractivity contribution in [3.63, 3.8) is 0 Å². The highest BCUT2D eigenvalue weighted by Gasteiger charge is 2.42. The molecule has 84 valence electrons. The molecule has 0 aliphatic carbocycles. The van der Waals surface area contributed by atoms with Gasteiger partial charge < -0.3 is 9.59 Å². The zero-order valence-electron chi connectivity index (χ0n) is 9.29. The molecule has 0 saturated heterocycles. The fourth-order valence-electron chi connectivity index (χ4n) is 1.77. The van der Waals surface area contributed by atoms with Crippen molar-refractivity contribution in [1.29, 1.82) is 0 Å². The molecule has 0 radical (unpaired) electrons. The molecule has 0 fully saturated rings. The number of carbonyl (C=O) groups excluding carboxylic acids is 2. The van der Waals surface area contributed by atoms with Crippen molar-refractivity contribution < 1.29 is 9.59 Å². The van der Waals surface area contributed by atoms with Crippen LogP contribution in [0.4, 0.5) is 0 Å². The van der Waals surface area contributed by atoms with Crippen LogP contribution in [0.5, 0.6) is 0 Å². The summed E-state index contributed by atoms with van der Waals surface area (Å²) in [5.74, 6) is 0. The quantitative estimate of drug-likeness (QED) is 0.768. The fraction of sp³-hybridized carbons (Fsp3) is 0.167. The van der Waals surface area contributed by atoms with Crippen molar-refractivity contribution in [1.82, 2.24) is 0 Å². The second kappa shape index (κ2) is 4.76. The Morgan fingerprint density at radius 2 is 1.62 bits per heavy atom. The monoisotopic (exact) mass is 252 g/mol. The Kier molecular flexibility index (Phi) is 3.83. The predicted molar refractivity (Wildman–Crippen MR) is 68.4 cm³/mol. The second-order valence-corrected chi connectivity index (χ2v) is 8.08. The third-order valence-electron chi connectivity index (χ3n) is 2.72. The third kappa shape index (κ3) is 2.01. The van der Waals surface area contributed by atoms with Gasteiger partial charge >= 0.3 is 0 Å². The number of benzene rings is 1. The topological polar surface area (TPSA) is 34.1 Å². The minimum Gasteiger partial charge on any atom is -0.304 e. The molecule has 0 saturated carbocycles. The summed E-state index contributed by atoms with van der Waals surface area (Å²) in [5.41, 5.74) is 1.53. The Balaban J connectivity index is 3.42. The van der Waals surface area contributed by atoms with E-state index in [0.717, 1.165) is 5.19 Å². The zero-order valence-corrected chi connectivity index (χ0v) is 11.0. The number of rotatable bonds is 4. The molecule has 0 N–H and O–H groups in total. The lowest BCUT2D eigenvalue weighted by molar-refractivity contribution is -0.114. The lowest BCUT2D eigenvalue weighted by Gasteiger charge is -2.22. The van der Waals surface area contributed by atoms with E-state index in [1.165, 1.54) is 19.5 Å². The maximum Gasteiger partial charge on any atom is 0.258 e. The highest BCUT2D eigenvalue weighted by molar-refractivity contribution is 7.34. The number of hydrogen-bond acceptors (Lipinski definition) is 2. The van der Waals surface area contributed by atoms with Crippen LogP contribution in [0, 0.1) is 0 Å². The fourth-order valence-corrected chi connectivity index (χ4v) is 4.71. The molecular formula is C12H13ClO2Si. The van der Waals surface area contributed by atoms with Crippen molar-refractivity contribution in [2.75, 3.05) is 0 Å². The Morgan fingerprint density at radius 1 is 1.19 bits per heavy atom. The van der Waals surface area contributed by atoms with E-state index < -0.39 is 8.07 Å². The molecule has 0 bridgehead atoms. The summed E-state index contributed by atoms with van der Waals surface area (Å²) in [6.45, 7) is 6.56. The van der Waals surface area contributed by atoms with Crippen LogP contribution in [-0.2, 0) is 9.59 Å². The van der Waals surface area contributed by atoms with Crippen LogP contribution in [0.25, 0.3) is 0 Å².